The highest BCUT2D eigenvalue weighted by atomic mass is 16.6. The van der Waals surface area contributed by atoms with E-state index in [-0.39, 0.29) is 5.92 Å². The molecule has 1 aliphatic rings. The van der Waals surface area contributed by atoms with Crippen molar-refractivity contribution in [2.75, 3.05) is 0 Å². The number of epoxide rings is 1. The summed E-state index contributed by atoms with van der Waals surface area (Å²) in [6, 6.07) is -0.777. The number of ether oxygens (including phenoxy) is 1. The first-order chi connectivity index (χ1) is 7.45. The van der Waals surface area contributed by atoms with Gasteiger partial charge in [0.1, 0.15) is 0 Å². The number of rotatable bonds is 5. The van der Waals surface area contributed by atoms with Crippen LogP contribution in [0.4, 0.5) is 0 Å². The Labute approximate surface area is 93.5 Å². The third-order valence-electron chi connectivity index (χ3n) is 2.11. The van der Waals surface area contributed by atoms with Crippen LogP contribution >= 0.6 is 0 Å². The van der Waals surface area contributed by atoms with Crippen molar-refractivity contribution in [3.05, 3.63) is 0 Å². The minimum Gasteiger partial charge on any atom is -0.350 e. The molecule has 0 spiro atoms. The van der Waals surface area contributed by atoms with E-state index in [0.717, 1.165) is 0 Å². The minimum absolute atomic E-state index is 0.248. The third-order valence-corrected chi connectivity index (χ3v) is 2.11. The van der Waals surface area contributed by atoms with Gasteiger partial charge >= 0.3 is 0 Å². The van der Waals surface area contributed by atoms with Crippen molar-refractivity contribution in [3.63, 3.8) is 0 Å². The SMILES string of the molecule is CC(C)C[C@H](N)C(=O)[N]C(=O)[C@H]1O[C@@H]1[C]=O. The van der Waals surface area contributed by atoms with Gasteiger partial charge in [-0.05, 0) is 12.3 Å². The molecule has 1 rings (SSSR count). The minimum atomic E-state index is -0.937. The van der Waals surface area contributed by atoms with Crippen LogP contribution in [0.3, 0.4) is 0 Å². The van der Waals surface area contributed by atoms with Crippen LogP contribution in [-0.2, 0) is 19.1 Å². The number of carbonyl (C=O) groups is 2. The van der Waals surface area contributed by atoms with Gasteiger partial charge in [0.05, 0.1) is 6.04 Å². The van der Waals surface area contributed by atoms with Crippen molar-refractivity contribution in [3.8, 4) is 0 Å². The van der Waals surface area contributed by atoms with E-state index in [1.54, 1.807) is 0 Å². The number of hydrogen-bond acceptors (Lipinski definition) is 5. The van der Waals surface area contributed by atoms with Gasteiger partial charge in [0.15, 0.2) is 12.2 Å². The van der Waals surface area contributed by atoms with Gasteiger partial charge in [-0.3, -0.25) is 14.4 Å². The fraction of sp³-hybridized carbons (Fsp3) is 0.700. The van der Waals surface area contributed by atoms with Gasteiger partial charge in [0.25, 0.3) is 11.8 Å². The molecular weight excluding hydrogens is 212 g/mol. The lowest BCUT2D eigenvalue weighted by Gasteiger charge is -2.11. The van der Waals surface area contributed by atoms with Crippen LogP contribution in [0.25, 0.3) is 0 Å². The molecule has 2 radical (unpaired) electrons. The number of imide groups is 1. The first-order valence-corrected chi connectivity index (χ1v) is 5.03. The maximum absolute atomic E-state index is 11.3. The van der Waals surface area contributed by atoms with Crippen LogP contribution < -0.4 is 11.1 Å². The molecule has 1 heterocycles. The van der Waals surface area contributed by atoms with Crippen LogP contribution in [0.15, 0.2) is 0 Å². The molecule has 0 unspecified atom stereocenters. The molecule has 0 saturated carbocycles. The Bertz CT molecular complexity index is 303. The second-order valence-corrected chi connectivity index (χ2v) is 4.12. The topological polar surface area (TPSA) is 104 Å². The number of nitrogens with two attached hydrogens (primary N) is 1. The van der Waals surface area contributed by atoms with Crippen LogP contribution in [0.5, 0.6) is 0 Å². The quantitative estimate of drug-likeness (QED) is 0.599. The van der Waals surface area contributed by atoms with Crippen molar-refractivity contribution in [2.45, 2.75) is 38.5 Å². The van der Waals surface area contributed by atoms with Crippen molar-refractivity contribution < 1.29 is 19.1 Å². The number of carbonyl (C=O) groups excluding carboxylic acids is 3. The van der Waals surface area contributed by atoms with Gasteiger partial charge in [0, 0.05) is 0 Å². The first-order valence-electron chi connectivity index (χ1n) is 5.03. The Morgan fingerprint density at radius 3 is 2.56 bits per heavy atom. The molecular formula is C10H14N2O4. The Morgan fingerprint density at radius 1 is 1.50 bits per heavy atom. The van der Waals surface area contributed by atoms with E-state index in [0.29, 0.717) is 6.42 Å². The molecule has 0 aliphatic carbocycles. The molecule has 1 fully saturated rings. The molecule has 88 valence electrons. The molecule has 6 nitrogen and oxygen atoms in total. The van der Waals surface area contributed by atoms with Crippen molar-refractivity contribution in [1.82, 2.24) is 5.32 Å². The van der Waals surface area contributed by atoms with Gasteiger partial charge < -0.3 is 10.5 Å². The molecule has 1 saturated heterocycles. The van der Waals surface area contributed by atoms with Gasteiger partial charge in [-0.15, -0.1) is 0 Å². The van der Waals surface area contributed by atoms with Crippen molar-refractivity contribution >= 4 is 18.1 Å². The standard InChI is InChI=1S/C10H14N2O4/c1-5(2)3-6(11)9(14)12-10(15)8-7(4-13)16-8/h5-8H,3,11H2,1-2H3/t6-,7+,8-/m0/s1. The zero-order chi connectivity index (χ0) is 12.3. The molecule has 16 heavy (non-hydrogen) atoms. The second kappa shape index (κ2) is 5.18. The molecule has 0 aromatic carbocycles. The molecule has 2 amide bonds. The summed E-state index contributed by atoms with van der Waals surface area (Å²) in [7, 11) is 0. The molecule has 3 atom stereocenters. The van der Waals surface area contributed by atoms with Crippen LogP contribution in [0.1, 0.15) is 20.3 Å². The summed E-state index contributed by atoms with van der Waals surface area (Å²) in [6.07, 6.45) is 0.164. The van der Waals surface area contributed by atoms with Crippen molar-refractivity contribution in [2.24, 2.45) is 11.7 Å². The third kappa shape index (κ3) is 3.39. The molecule has 2 N–H and O–H groups in total. The number of amides is 2. The largest absolute Gasteiger partial charge is 0.350 e. The Kier molecular flexibility index (Phi) is 4.14. The smallest absolute Gasteiger partial charge is 0.281 e. The molecule has 1 aliphatic heterocycles. The van der Waals surface area contributed by atoms with Crippen molar-refractivity contribution in [1.29, 1.82) is 0 Å². The summed E-state index contributed by atoms with van der Waals surface area (Å²) in [6.45, 7) is 3.83. The fourth-order valence-electron chi connectivity index (χ4n) is 1.25. The lowest BCUT2D eigenvalue weighted by molar-refractivity contribution is -0.132. The van der Waals surface area contributed by atoms with E-state index < -0.39 is 30.1 Å². The summed E-state index contributed by atoms with van der Waals surface area (Å²) in [4.78, 5) is 32.7. The normalized spacial score (nSPS) is 25.0. The molecule has 0 aromatic heterocycles. The van der Waals surface area contributed by atoms with E-state index in [9.17, 15) is 14.4 Å². The Hall–Kier alpha value is -1.27. The van der Waals surface area contributed by atoms with Gasteiger partial charge in [-0.2, -0.15) is 5.32 Å². The molecule has 0 bridgehead atoms. The molecule has 0 aromatic rings. The zero-order valence-corrected chi connectivity index (χ0v) is 9.17. The Balaban J connectivity index is 2.34. The predicted octanol–water partition coefficient (Wildman–Crippen LogP) is -1.11. The first kappa shape index (κ1) is 12.8. The highest BCUT2D eigenvalue weighted by Crippen LogP contribution is 2.19. The summed E-state index contributed by atoms with van der Waals surface area (Å²) in [5.74, 6) is -1.17. The van der Waals surface area contributed by atoms with Gasteiger partial charge in [0.2, 0.25) is 6.29 Å². The average molecular weight is 226 g/mol. The van der Waals surface area contributed by atoms with E-state index >= 15 is 0 Å². The van der Waals surface area contributed by atoms with Crippen LogP contribution in [0.2, 0.25) is 0 Å². The zero-order valence-electron chi connectivity index (χ0n) is 9.17. The fourth-order valence-corrected chi connectivity index (χ4v) is 1.25. The maximum Gasteiger partial charge on any atom is 0.281 e. The summed E-state index contributed by atoms with van der Waals surface area (Å²) in [5.41, 5.74) is 5.54. The van der Waals surface area contributed by atoms with Crippen LogP contribution in [0, 0.1) is 5.92 Å². The van der Waals surface area contributed by atoms with E-state index in [1.165, 1.54) is 6.29 Å². The highest BCUT2D eigenvalue weighted by Gasteiger charge is 2.47. The number of hydrogen-bond donors (Lipinski definition) is 1. The summed E-state index contributed by atoms with van der Waals surface area (Å²) < 4.78 is 4.63. The lowest BCUT2D eigenvalue weighted by Crippen LogP contribution is -2.41. The highest BCUT2D eigenvalue weighted by molar-refractivity contribution is 6.01. The van der Waals surface area contributed by atoms with E-state index in [1.807, 2.05) is 13.8 Å². The summed E-state index contributed by atoms with van der Waals surface area (Å²) in [5, 5.41) is 3.28. The van der Waals surface area contributed by atoms with Gasteiger partial charge in [-0.1, -0.05) is 13.8 Å². The monoisotopic (exact) mass is 226 g/mol. The summed E-state index contributed by atoms with van der Waals surface area (Å²) >= 11 is 0. The Morgan fingerprint density at radius 2 is 2.12 bits per heavy atom. The van der Waals surface area contributed by atoms with E-state index in [2.05, 4.69) is 10.1 Å². The second-order valence-electron chi connectivity index (χ2n) is 4.12. The predicted molar refractivity (Wildman–Crippen MR) is 53.9 cm³/mol. The average Bonchev–Trinajstić information content (AvgIpc) is 2.95. The maximum atomic E-state index is 11.3. The van der Waals surface area contributed by atoms with E-state index in [4.69, 9.17) is 5.73 Å². The molecule has 6 heteroatoms. The number of nitrogens with zero attached hydrogens (tertiary/aromatic N) is 1. The van der Waals surface area contributed by atoms with Crippen LogP contribution in [-0.4, -0.2) is 36.4 Å². The lowest BCUT2D eigenvalue weighted by atomic mass is 10.0. The van der Waals surface area contributed by atoms with Gasteiger partial charge in [-0.25, -0.2) is 0 Å².